The van der Waals surface area contributed by atoms with Crippen molar-refractivity contribution in [1.82, 2.24) is 10.6 Å². The maximum absolute atomic E-state index is 12.9. The van der Waals surface area contributed by atoms with Crippen LogP contribution in [0.4, 0.5) is 9.18 Å². The van der Waals surface area contributed by atoms with Crippen LogP contribution in [0.25, 0.3) is 0 Å². The third-order valence-corrected chi connectivity index (χ3v) is 3.17. The number of hydrogen-bond donors (Lipinski definition) is 2. The molecule has 0 aromatic heterocycles. The Hall–Kier alpha value is -1.43. The van der Waals surface area contributed by atoms with Crippen LogP contribution < -0.4 is 10.6 Å². The number of rotatable bonds is 1. The average Bonchev–Trinajstić information content (AvgIpc) is 2.40. The van der Waals surface area contributed by atoms with Gasteiger partial charge < -0.3 is 5.32 Å². The maximum Gasteiger partial charge on any atom is 0.322 e. The van der Waals surface area contributed by atoms with E-state index in [9.17, 15) is 14.0 Å². The van der Waals surface area contributed by atoms with E-state index in [1.807, 2.05) is 0 Å². The van der Waals surface area contributed by atoms with Crippen LogP contribution in [0.15, 0.2) is 22.7 Å². The fourth-order valence-corrected chi connectivity index (χ4v) is 2.38. The third kappa shape index (κ3) is 1.59. The molecule has 1 aromatic carbocycles. The number of nitrogens with one attached hydrogen (secondary N) is 2. The van der Waals surface area contributed by atoms with E-state index in [4.69, 9.17) is 0 Å². The van der Waals surface area contributed by atoms with Crippen molar-refractivity contribution in [2.45, 2.75) is 12.5 Å². The van der Waals surface area contributed by atoms with Crippen LogP contribution in [0.1, 0.15) is 12.5 Å². The van der Waals surface area contributed by atoms with Crippen molar-refractivity contribution < 1.29 is 14.0 Å². The van der Waals surface area contributed by atoms with Gasteiger partial charge in [0.2, 0.25) is 0 Å². The summed E-state index contributed by atoms with van der Waals surface area (Å²) in [6.07, 6.45) is 0. The molecule has 1 fully saturated rings. The van der Waals surface area contributed by atoms with Gasteiger partial charge in [0.15, 0.2) is 0 Å². The van der Waals surface area contributed by atoms with E-state index in [-0.39, 0.29) is 0 Å². The molecule has 0 saturated carbocycles. The molecule has 0 bridgehead atoms. The Labute approximate surface area is 99.3 Å². The summed E-state index contributed by atoms with van der Waals surface area (Å²) in [6, 6.07) is 3.40. The van der Waals surface area contributed by atoms with Crippen molar-refractivity contribution >= 4 is 27.9 Å². The van der Waals surface area contributed by atoms with Crippen molar-refractivity contribution in [1.29, 1.82) is 0 Å². The lowest BCUT2D eigenvalue weighted by Crippen LogP contribution is -2.40. The highest BCUT2D eigenvalue weighted by Crippen LogP contribution is 2.31. The zero-order valence-electron chi connectivity index (χ0n) is 8.30. The monoisotopic (exact) mass is 286 g/mol. The first-order valence-electron chi connectivity index (χ1n) is 4.52. The lowest BCUT2D eigenvalue weighted by atomic mass is 9.92. The predicted molar refractivity (Wildman–Crippen MR) is 58.1 cm³/mol. The summed E-state index contributed by atoms with van der Waals surface area (Å²) in [6.45, 7) is 1.56. The smallest absolute Gasteiger partial charge is 0.320 e. The van der Waals surface area contributed by atoms with Gasteiger partial charge in [0.25, 0.3) is 5.91 Å². The molecule has 6 heteroatoms. The van der Waals surface area contributed by atoms with Gasteiger partial charge in [-0.3, -0.25) is 10.1 Å². The first-order chi connectivity index (χ1) is 7.43. The standard InChI is InChI=1S/C10H8BrFN2O2/c1-10(8(15)13-9(16)14-10)6-3-2-5(12)4-7(6)11/h2-4H,1H3,(H2,13,14,15,16)/t10-/m0/s1. The molecular formula is C10H8BrFN2O2. The van der Waals surface area contributed by atoms with Gasteiger partial charge >= 0.3 is 6.03 Å². The topological polar surface area (TPSA) is 58.2 Å². The van der Waals surface area contributed by atoms with Crippen LogP contribution in [0.2, 0.25) is 0 Å². The van der Waals surface area contributed by atoms with E-state index in [1.54, 1.807) is 6.92 Å². The van der Waals surface area contributed by atoms with Gasteiger partial charge in [0.1, 0.15) is 11.4 Å². The summed E-state index contributed by atoms with van der Waals surface area (Å²) in [5.41, 5.74) is -0.652. The predicted octanol–water partition coefficient (Wildman–Crippen LogP) is 1.64. The minimum absolute atomic E-state index is 0.413. The fraction of sp³-hybridized carbons (Fsp3) is 0.200. The molecular weight excluding hydrogens is 279 g/mol. The van der Waals surface area contributed by atoms with Crippen LogP contribution in [0.3, 0.4) is 0 Å². The molecule has 1 saturated heterocycles. The minimum atomic E-state index is -1.16. The second-order valence-corrected chi connectivity index (χ2v) is 4.51. The Morgan fingerprint density at radius 3 is 2.56 bits per heavy atom. The zero-order valence-corrected chi connectivity index (χ0v) is 9.89. The largest absolute Gasteiger partial charge is 0.322 e. The highest BCUT2D eigenvalue weighted by Gasteiger charge is 2.44. The Balaban J connectivity index is 2.51. The normalized spacial score (nSPS) is 24.2. The number of halogens is 2. The quantitative estimate of drug-likeness (QED) is 0.771. The Bertz CT molecular complexity index is 492. The molecule has 3 amide bonds. The first kappa shape index (κ1) is 11.1. The Morgan fingerprint density at radius 1 is 1.38 bits per heavy atom. The molecule has 16 heavy (non-hydrogen) atoms. The second kappa shape index (κ2) is 3.55. The maximum atomic E-state index is 12.9. The van der Waals surface area contributed by atoms with Crippen LogP contribution in [0, 0.1) is 5.82 Å². The molecule has 0 spiro atoms. The second-order valence-electron chi connectivity index (χ2n) is 3.66. The van der Waals surface area contributed by atoms with Gasteiger partial charge in [-0.1, -0.05) is 22.0 Å². The molecule has 2 N–H and O–H groups in total. The van der Waals surface area contributed by atoms with Crippen LogP contribution >= 0.6 is 15.9 Å². The van der Waals surface area contributed by atoms with E-state index < -0.39 is 23.3 Å². The van der Waals surface area contributed by atoms with Crippen LogP contribution in [0.5, 0.6) is 0 Å². The molecule has 4 nitrogen and oxygen atoms in total. The van der Waals surface area contributed by atoms with Crippen molar-refractivity contribution in [2.75, 3.05) is 0 Å². The molecule has 1 aliphatic heterocycles. The molecule has 0 radical (unpaired) electrons. The van der Waals surface area contributed by atoms with Crippen molar-refractivity contribution in [3.63, 3.8) is 0 Å². The molecule has 2 rings (SSSR count). The molecule has 84 valence electrons. The zero-order chi connectivity index (χ0) is 11.9. The van der Waals surface area contributed by atoms with Crippen molar-refractivity contribution in [3.8, 4) is 0 Å². The number of carbonyl (C=O) groups is 2. The molecule has 1 heterocycles. The summed E-state index contributed by atoms with van der Waals surface area (Å²) in [7, 11) is 0. The van der Waals surface area contributed by atoms with Crippen molar-refractivity contribution in [2.24, 2.45) is 0 Å². The van der Waals surface area contributed by atoms with Gasteiger partial charge in [-0.15, -0.1) is 0 Å². The highest BCUT2D eigenvalue weighted by molar-refractivity contribution is 9.10. The van der Waals surface area contributed by atoms with Crippen LogP contribution in [-0.2, 0) is 10.3 Å². The average molecular weight is 287 g/mol. The summed E-state index contributed by atoms with van der Waals surface area (Å²) in [5.74, 6) is -0.867. The van der Waals surface area contributed by atoms with Gasteiger partial charge in [0.05, 0.1) is 0 Å². The first-order valence-corrected chi connectivity index (χ1v) is 5.32. The van der Waals surface area contributed by atoms with Gasteiger partial charge in [-0.05, 0) is 19.1 Å². The number of imide groups is 1. The SMILES string of the molecule is C[C@@]1(c2ccc(F)cc2Br)NC(=O)NC1=O. The minimum Gasteiger partial charge on any atom is -0.320 e. The molecule has 1 aliphatic rings. The van der Waals surface area contributed by atoms with Gasteiger partial charge in [-0.2, -0.15) is 0 Å². The van der Waals surface area contributed by atoms with Gasteiger partial charge in [0, 0.05) is 10.0 Å². The number of carbonyl (C=O) groups excluding carboxylic acids is 2. The number of amides is 3. The van der Waals surface area contributed by atoms with E-state index >= 15 is 0 Å². The number of benzene rings is 1. The lowest BCUT2D eigenvalue weighted by Gasteiger charge is -2.22. The van der Waals surface area contributed by atoms with E-state index in [0.29, 0.717) is 10.0 Å². The summed E-state index contributed by atoms with van der Waals surface area (Å²) < 4.78 is 13.4. The summed E-state index contributed by atoms with van der Waals surface area (Å²) in [4.78, 5) is 22.7. The van der Waals surface area contributed by atoms with Gasteiger partial charge in [-0.25, -0.2) is 9.18 Å². The Morgan fingerprint density at radius 2 is 2.06 bits per heavy atom. The van der Waals surface area contributed by atoms with E-state index in [1.165, 1.54) is 18.2 Å². The van der Waals surface area contributed by atoms with Crippen LogP contribution in [-0.4, -0.2) is 11.9 Å². The third-order valence-electron chi connectivity index (χ3n) is 2.51. The Kier molecular flexibility index (Phi) is 2.46. The molecule has 1 atom stereocenters. The molecule has 0 unspecified atom stereocenters. The van der Waals surface area contributed by atoms with Crippen molar-refractivity contribution in [3.05, 3.63) is 34.1 Å². The summed E-state index contributed by atoms with van der Waals surface area (Å²) >= 11 is 3.17. The summed E-state index contributed by atoms with van der Waals surface area (Å²) in [5, 5.41) is 4.65. The lowest BCUT2D eigenvalue weighted by molar-refractivity contribution is -0.123. The number of urea groups is 1. The number of hydrogen-bond acceptors (Lipinski definition) is 2. The molecule has 0 aliphatic carbocycles. The van der Waals surface area contributed by atoms with E-state index in [2.05, 4.69) is 26.6 Å². The fourth-order valence-electron chi connectivity index (χ4n) is 1.63. The highest BCUT2D eigenvalue weighted by atomic mass is 79.9. The van der Waals surface area contributed by atoms with E-state index in [0.717, 1.165) is 0 Å². The molecule has 1 aromatic rings.